The Morgan fingerprint density at radius 1 is 0.426 bits per heavy atom. The molecular formula is C61H51BN2O4. The maximum Gasteiger partial charge on any atom is 0.262 e. The lowest BCUT2D eigenvalue weighted by atomic mass is 9.33. The van der Waals surface area contributed by atoms with Crippen LogP contribution in [0.15, 0.2) is 175 Å². The smallest absolute Gasteiger partial charge is 0.262 e. The number of nitrogens with zero attached hydrogens (tertiary/aromatic N) is 2. The van der Waals surface area contributed by atoms with Gasteiger partial charge in [0.15, 0.2) is 0 Å². The molecular weight excluding hydrogens is 835 g/mol. The standard InChI is InChI=1S/C61H51BN2O4/c1-35(2)40-29-47-57-48(30-40)64(44-20-14-18-37(28-44)54-32-39-16-10-12-22-50(39)66-54)59-56(46-34-42(61(6,7)8)24-26-52(46)68-59)62(57)55-45-33-41(60(3,4)5)23-25-51(45)67-58(55)63(47)43-19-13-17-36(27-43)53-31-38-15-9-11-21-49(38)65-53/h9-35H,1-8H3. The quantitative estimate of drug-likeness (QED) is 0.161. The molecule has 6 heterocycles. The molecule has 68 heavy (non-hydrogen) atoms. The molecule has 0 saturated heterocycles. The number of furan rings is 4. The monoisotopic (exact) mass is 886 g/mol. The third-order valence-electron chi connectivity index (χ3n) is 14.4. The first-order valence-corrected chi connectivity index (χ1v) is 23.9. The minimum atomic E-state index is -0.233. The van der Waals surface area contributed by atoms with Crippen molar-refractivity contribution >= 4 is 101 Å². The molecule has 0 saturated carbocycles. The average Bonchev–Trinajstić information content (AvgIpc) is 4.13. The molecule has 4 aromatic heterocycles. The van der Waals surface area contributed by atoms with Gasteiger partial charge >= 0.3 is 0 Å². The van der Waals surface area contributed by atoms with E-state index in [0.29, 0.717) is 0 Å². The summed E-state index contributed by atoms with van der Waals surface area (Å²) >= 11 is 0. The van der Waals surface area contributed by atoms with E-state index in [2.05, 4.69) is 199 Å². The summed E-state index contributed by atoms with van der Waals surface area (Å²) in [5.41, 5.74) is 16.5. The van der Waals surface area contributed by atoms with Crippen LogP contribution in [0, 0.1) is 0 Å². The van der Waals surface area contributed by atoms with Crippen molar-refractivity contribution in [1.29, 1.82) is 0 Å². The van der Waals surface area contributed by atoms with Crippen LogP contribution in [0.5, 0.6) is 0 Å². The second-order valence-electron chi connectivity index (χ2n) is 21.2. The van der Waals surface area contributed by atoms with Crippen LogP contribution in [-0.4, -0.2) is 6.71 Å². The normalized spacial score (nSPS) is 13.6. The van der Waals surface area contributed by atoms with Crippen molar-refractivity contribution in [2.75, 3.05) is 9.80 Å². The number of hydrogen-bond acceptors (Lipinski definition) is 6. The lowest BCUT2D eigenvalue weighted by Crippen LogP contribution is -2.60. The SMILES string of the molecule is CC(C)c1cc2c3c(c1)N(c1cccc(-c4cc5ccccc5o4)c1)c1oc4ccc(C(C)(C)C)cc4c1B3c1c(oc3ccc(C(C)(C)C)cc13)N2c1cccc(-c2cc3ccccc3o2)c1. The van der Waals surface area contributed by atoms with Crippen molar-refractivity contribution in [3.05, 3.63) is 174 Å². The molecule has 0 fully saturated rings. The van der Waals surface area contributed by atoms with Gasteiger partial charge in [0, 0.05) is 66.3 Å². The topological polar surface area (TPSA) is 59.0 Å². The van der Waals surface area contributed by atoms with Crippen molar-refractivity contribution < 1.29 is 17.7 Å². The van der Waals surface area contributed by atoms with Crippen LogP contribution in [0.4, 0.5) is 34.5 Å². The third kappa shape index (κ3) is 6.17. The largest absolute Gasteiger partial charge is 0.456 e. The molecule has 332 valence electrons. The highest BCUT2D eigenvalue weighted by molar-refractivity contribution is 7.02. The number of fused-ring (bicyclic) bond motifs is 10. The van der Waals surface area contributed by atoms with Gasteiger partial charge in [-0.05, 0) is 124 Å². The summed E-state index contributed by atoms with van der Waals surface area (Å²) < 4.78 is 27.6. The molecule has 0 aliphatic carbocycles. The molecule has 2 aliphatic rings. The van der Waals surface area contributed by atoms with E-state index in [1.165, 1.54) is 22.2 Å². The number of anilines is 6. The molecule has 7 heteroatoms. The lowest BCUT2D eigenvalue weighted by molar-refractivity contribution is 0.589. The molecule has 0 atom stereocenters. The first-order valence-electron chi connectivity index (χ1n) is 23.9. The van der Waals surface area contributed by atoms with Crippen molar-refractivity contribution in [1.82, 2.24) is 0 Å². The van der Waals surface area contributed by atoms with E-state index in [1.54, 1.807) is 0 Å². The molecule has 7 aromatic carbocycles. The Morgan fingerprint density at radius 3 is 1.31 bits per heavy atom. The molecule has 13 rings (SSSR count). The Kier molecular flexibility index (Phi) is 8.62. The van der Waals surface area contributed by atoms with E-state index in [0.717, 1.165) is 112 Å². The van der Waals surface area contributed by atoms with E-state index < -0.39 is 0 Å². The molecule has 0 radical (unpaired) electrons. The van der Waals surface area contributed by atoms with E-state index in [-0.39, 0.29) is 23.5 Å². The van der Waals surface area contributed by atoms with Crippen molar-refractivity contribution in [3.8, 4) is 22.6 Å². The summed E-state index contributed by atoms with van der Waals surface area (Å²) in [4.78, 5) is 4.74. The van der Waals surface area contributed by atoms with Crippen LogP contribution in [-0.2, 0) is 10.8 Å². The van der Waals surface area contributed by atoms with Crippen LogP contribution in [0.2, 0.25) is 0 Å². The number of para-hydroxylation sites is 2. The van der Waals surface area contributed by atoms with E-state index in [1.807, 2.05) is 24.3 Å². The van der Waals surface area contributed by atoms with Crippen LogP contribution in [0.3, 0.4) is 0 Å². The van der Waals surface area contributed by atoms with Crippen molar-refractivity contribution in [3.63, 3.8) is 0 Å². The first kappa shape index (κ1) is 40.6. The molecule has 0 unspecified atom stereocenters. The van der Waals surface area contributed by atoms with Gasteiger partial charge in [-0.15, -0.1) is 0 Å². The molecule has 0 bridgehead atoms. The summed E-state index contributed by atoms with van der Waals surface area (Å²) in [6.07, 6.45) is 0. The Hall–Kier alpha value is -7.64. The predicted molar refractivity (Wildman–Crippen MR) is 282 cm³/mol. The van der Waals surface area contributed by atoms with Crippen molar-refractivity contribution in [2.24, 2.45) is 0 Å². The highest BCUT2D eigenvalue weighted by Crippen LogP contribution is 2.50. The van der Waals surface area contributed by atoms with Gasteiger partial charge in [-0.2, -0.15) is 0 Å². The summed E-state index contributed by atoms with van der Waals surface area (Å²) in [5.74, 6) is 3.47. The number of benzene rings is 7. The Labute approximate surface area is 396 Å². The lowest BCUT2D eigenvalue weighted by Gasteiger charge is -2.41. The fourth-order valence-electron chi connectivity index (χ4n) is 10.7. The minimum Gasteiger partial charge on any atom is -0.456 e. The van der Waals surface area contributed by atoms with Gasteiger partial charge in [0.05, 0.1) is 0 Å². The van der Waals surface area contributed by atoms with Gasteiger partial charge in [-0.25, -0.2) is 0 Å². The van der Waals surface area contributed by atoms with E-state index in [9.17, 15) is 0 Å². The van der Waals surface area contributed by atoms with Crippen LogP contribution in [0.1, 0.15) is 78.0 Å². The Balaban J connectivity index is 1.13. The van der Waals surface area contributed by atoms with Gasteiger partial charge < -0.3 is 17.7 Å². The van der Waals surface area contributed by atoms with Crippen LogP contribution >= 0.6 is 0 Å². The first-order chi connectivity index (χ1) is 32.8. The van der Waals surface area contributed by atoms with Gasteiger partial charge in [-0.3, -0.25) is 9.80 Å². The fourth-order valence-corrected chi connectivity index (χ4v) is 10.7. The summed E-state index contributed by atoms with van der Waals surface area (Å²) in [5, 5.41) is 4.36. The predicted octanol–water partition coefficient (Wildman–Crippen LogP) is 15.8. The zero-order valence-electron chi connectivity index (χ0n) is 39.7. The van der Waals surface area contributed by atoms with Gasteiger partial charge in [0.2, 0.25) is 11.8 Å². The van der Waals surface area contributed by atoms with Crippen LogP contribution < -0.4 is 26.2 Å². The summed E-state index contributed by atoms with van der Waals surface area (Å²) in [6, 6.07) is 56.5. The Morgan fingerprint density at radius 2 is 0.882 bits per heavy atom. The zero-order valence-corrected chi connectivity index (χ0v) is 39.7. The maximum atomic E-state index is 7.30. The third-order valence-corrected chi connectivity index (χ3v) is 14.4. The average molecular weight is 887 g/mol. The Bertz CT molecular complexity index is 3540. The van der Waals surface area contributed by atoms with Gasteiger partial charge in [-0.1, -0.05) is 128 Å². The van der Waals surface area contributed by atoms with Crippen molar-refractivity contribution in [2.45, 2.75) is 72.1 Å². The molecule has 0 amide bonds. The fraction of sp³-hybridized carbons (Fsp3) is 0.180. The summed E-state index contributed by atoms with van der Waals surface area (Å²) in [7, 11) is 0. The number of hydrogen-bond donors (Lipinski definition) is 0. The highest BCUT2D eigenvalue weighted by atomic mass is 16.4. The van der Waals surface area contributed by atoms with Gasteiger partial charge in [0.25, 0.3) is 6.71 Å². The van der Waals surface area contributed by atoms with E-state index >= 15 is 0 Å². The minimum absolute atomic E-state index is 0.0911. The van der Waals surface area contributed by atoms with Crippen LogP contribution in [0.25, 0.3) is 66.5 Å². The second-order valence-corrected chi connectivity index (χ2v) is 21.2. The molecule has 0 spiro atoms. The number of rotatable bonds is 5. The van der Waals surface area contributed by atoms with Gasteiger partial charge in [0.1, 0.15) is 33.9 Å². The summed E-state index contributed by atoms with van der Waals surface area (Å²) in [6.45, 7) is 18.0. The van der Waals surface area contributed by atoms with E-state index in [4.69, 9.17) is 17.7 Å². The molecule has 11 aromatic rings. The maximum absolute atomic E-state index is 7.30. The second kappa shape index (κ2) is 14.4. The zero-order chi connectivity index (χ0) is 46.4. The molecule has 0 N–H and O–H groups in total. The molecule has 6 nitrogen and oxygen atoms in total. The highest BCUT2D eigenvalue weighted by Gasteiger charge is 2.49. The molecule has 2 aliphatic heterocycles.